The average Bonchev–Trinajstić information content (AvgIpc) is 2.47. The van der Waals surface area contributed by atoms with Crippen molar-refractivity contribution in [2.24, 2.45) is 5.92 Å². The molecular formula is C14H17N3O2. The van der Waals surface area contributed by atoms with Gasteiger partial charge in [0.1, 0.15) is 11.9 Å². The van der Waals surface area contributed by atoms with Gasteiger partial charge in [0.2, 0.25) is 0 Å². The number of esters is 1. The number of ether oxygens (including phenoxy) is 1. The Hall–Kier alpha value is -2.09. The fourth-order valence-electron chi connectivity index (χ4n) is 2.36. The van der Waals surface area contributed by atoms with Crippen LogP contribution in [0.2, 0.25) is 0 Å². The van der Waals surface area contributed by atoms with E-state index in [0.29, 0.717) is 24.5 Å². The highest BCUT2D eigenvalue weighted by Crippen LogP contribution is 2.24. The summed E-state index contributed by atoms with van der Waals surface area (Å²) in [6, 6.07) is 5.63. The molecule has 0 bridgehead atoms. The van der Waals surface area contributed by atoms with E-state index in [1.807, 2.05) is 11.8 Å². The molecule has 19 heavy (non-hydrogen) atoms. The van der Waals surface area contributed by atoms with Gasteiger partial charge in [0.05, 0.1) is 18.1 Å². The summed E-state index contributed by atoms with van der Waals surface area (Å²) < 4.78 is 5.07. The summed E-state index contributed by atoms with van der Waals surface area (Å²) in [5.74, 6) is 0.392. The second kappa shape index (κ2) is 6.19. The number of anilines is 1. The van der Waals surface area contributed by atoms with Gasteiger partial charge >= 0.3 is 5.97 Å². The van der Waals surface area contributed by atoms with Gasteiger partial charge in [0, 0.05) is 19.3 Å². The Labute approximate surface area is 112 Å². The summed E-state index contributed by atoms with van der Waals surface area (Å²) in [6.07, 6.45) is 3.42. The number of pyridine rings is 1. The van der Waals surface area contributed by atoms with Gasteiger partial charge in [-0.15, -0.1) is 0 Å². The predicted octanol–water partition coefficient (Wildman–Crippen LogP) is 1.73. The molecular weight excluding hydrogens is 242 g/mol. The number of carbonyl (C=O) groups is 1. The van der Waals surface area contributed by atoms with E-state index < -0.39 is 0 Å². The smallest absolute Gasteiger partial charge is 0.310 e. The quantitative estimate of drug-likeness (QED) is 0.773. The van der Waals surface area contributed by atoms with Crippen LogP contribution in [0.15, 0.2) is 18.3 Å². The van der Waals surface area contributed by atoms with Crippen LogP contribution in [0.5, 0.6) is 0 Å². The van der Waals surface area contributed by atoms with Crippen molar-refractivity contribution in [1.29, 1.82) is 5.26 Å². The van der Waals surface area contributed by atoms with E-state index in [4.69, 9.17) is 10.00 Å². The number of piperidine rings is 1. The van der Waals surface area contributed by atoms with Crippen LogP contribution in [0.25, 0.3) is 0 Å². The van der Waals surface area contributed by atoms with Gasteiger partial charge in [-0.1, -0.05) is 0 Å². The second-order valence-electron chi connectivity index (χ2n) is 4.52. The molecule has 1 unspecified atom stereocenters. The van der Waals surface area contributed by atoms with Gasteiger partial charge < -0.3 is 9.64 Å². The molecule has 5 nitrogen and oxygen atoms in total. The van der Waals surface area contributed by atoms with E-state index in [9.17, 15) is 4.79 Å². The summed E-state index contributed by atoms with van der Waals surface area (Å²) in [5, 5.41) is 9.10. The molecule has 0 radical (unpaired) electrons. The van der Waals surface area contributed by atoms with Gasteiger partial charge in [-0.2, -0.15) is 5.26 Å². The lowest BCUT2D eigenvalue weighted by Gasteiger charge is -2.32. The van der Waals surface area contributed by atoms with Crippen LogP contribution < -0.4 is 4.90 Å². The van der Waals surface area contributed by atoms with Crippen LogP contribution in [-0.4, -0.2) is 30.6 Å². The fourth-order valence-corrected chi connectivity index (χ4v) is 2.36. The number of nitriles is 1. The monoisotopic (exact) mass is 259 g/mol. The summed E-state index contributed by atoms with van der Waals surface area (Å²) >= 11 is 0. The average molecular weight is 259 g/mol. The van der Waals surface area contributed by atoms with Crippen molar-refractivity contribution >= 4 is 11.8 Å². The highest BCUT2D eigenvalue weighted by molar-refractivity contribution is 5.73. The molecule has 1 saturated heterocycles. The lowest BCUT2D eigenvalue weighted by molar-refractivity contribution is -0.148. The highest BCUT2D eigenvalue weighted by atomic mass is 16.5. The lowest BCUT2D eigenvalue weighted by atomic mass is 9.98. The third kappa shape index (κ3) is 3.02. The SMILES string of the molecule is CCOC(=O)C1CCCN(c2ncccc2C#N)C1. The molecule has 0 spiro atoms. The van der Waals surface area contributed by atoms with Gasteiger partial charge in [-0.3, -0.25) is 4.79 Å². The van der Waals surface area contributed by atoms with Crippen molar-refractivity contribution in [3.05, 3.63) is 23.9 Å². The Bertz CT molecular complexity index is 496. The van der Waals surface area contributed by atoms with Crippen LogP contribution in [0.1, 0.15) is 25.3 Å². The van der Waals surface area contributed by atoms with E-state index in [0.717, 1.165) is 19.4 Å². The number of rotatable bonds is 3. The van der Waals surface area contributed by atoms with E-state index >= 15 is 0 Å². The number of hydrogen-bond acceptors (Lipinski definition) is 5. The maximum atomic E-state index is 11.8. The van der Waals surface area contributed by atoms with Crippen LogP contribution in [-0.2, 0) is 9.53 Å². The van der Waals surface area contributed by atoms with Crippen molar-refractivity contribution in [1.82, 2.24) is 4.98 Å². The Morgan fingerprint density at radius 2 is 2.53 bits per heavy atom. The molecule has 1 atom stereocenters. The summed E-state index contributed by atoms with van der Waals surface area (Å²) in [4.78, 5) is 18.1. The standard InChI is InChI=1S/C14H17N3O2/c1-2-19-14(18)12-6-4-8-17(10-12)13-11(9-15)5-3-7-16-13/h3,5,7,12H,2,4,6,8,10H2,1H3. The first-order valence-corrected chi connectivity index (χ1v) is 6.53. The number of nitrogens with zero attached hydrogens (tertiary/aromatic N) is 3. The first kappa shape index (κ1) is 13.3. The zero-order valence-corrected chi connectivity index (χ0v) is 11.0. The molecule has 2 heterocycles. The zero-order chi connectivity index (χ0) is 13.7. The van der Waals surface area contributed by atoms with Crippen LogP contribution in [0.3, 0.4) is 0 Å². The van der Waals surface area contributed by atoms with Crippen LogP contribution in [0, 0.1) is 17.2 Å². The van der Waals surface area contributed by atoms with Gasteiger partial charge in [-0.25, -0.2) is 4.98 Å². The molecule has 1 aromatic heterocycles. The molecule has 5 heteroatoms. The van der Waals surface area contributed by atoms with Crippen molar-refractivity contribution in [3.8, 4) is 6.07 Å². The molecule has 1 aliphatic heterocycles. The summed E-state index contributed by atoms with van der Waals surface area (Å²) in [7, 11) is 0. The van der Waals surface area contributed by atoms with Gasteiger partial charge in [0.15, 0.2) is 0 Å². The van der Waals surface area contributed by atoms with Crippen molar-refractivity contribution < 1.29 is 9.53 Å². The Kier molecular flexibility index (Phi) is 4.35. The van der Waals surface area contributed by atoms with E-state index in [-0.39, 0.29) is 11.9 Å². The minimum atomic E-state index is -0.151. The lowest BCUT2D eigenvalue weighted by Crippen LogP contribution is -2.40. The maximum Gasteiger partial charge on any atom is 0.310 e. The molecule has 0 saturated carbocycles. The Balaban J connectivity index is 2.13. The molecule has 2 rings (SSSR count). The minimum Gasteiger partial charge on any atom is -0.466 e. The van der Waals surface area contributed by atoms with Crippen molar-refractivity contribution in [3.63, 3.8) is 0 Å². The fraction of sp³-hybridized carbons (Fsp3) is 0.500. The maximum absolute atomic E-state index is 11.8. The third-order valence-corrected chi connectivity index (χ3v) is 3.25. The minimum absolute atomic E-state index is 0.123. The van der Waals surface area contributed by atoms with Crippen molar-refractivity contribution in [2.45, 2.75) is 19.8 Å². The van der Waals surface area contributed by atoms with Gasteiger partial charge in [0.25, 0.3) is 0 Å². The molecule has 0 amide bonds. The predicted molar refractivity (Wildman–Crippen MR) is 70.5 cm³/mol. The second-order valence-corrected chi connectivity index (χ2v) is 4.52. The number of carbonyl (C=O) groups excluding carboxylic acids is 1. The van der Waals surface area contributed by atoms with Crippen LogP contribution >= 0.6 is 0 Å². The molecule has 0 N–H and O–H groups in total. The Morgan fingerprint density at radius 1 is 1.68 bits per heavy atom. The molecule has 100 valence electrons. The number of hydrogen-bond donors (Lipinski definition) is 0. The zero-order valence-electron chi connectivity index (χ0n) is 11.0. The van der Waals surface area contributed by atoms with Crippen LogP contribution in [0.4, 0.5) is 5.82 Å². The number of aromatic nitrogens is 1. The molecule has 0 aliphatic carbocycles. The van der Waals surface area contributed by atoms with Crippen molar-refractivity contribution in [2.75, 3.05) is 24.6 Å². The normalized spacial score (nSPS) is 18.7. The summed E-state index contributed by atoms with van der Waals surface area (Å²) in [5.41, 5.74) is 0.548. The molecule has 1 fully saturated rings. The topological polar surface area (TPSA) is 66.2 Å². The first-order valence-electron chi connectivity index (χ1n) is 6.53. The Morgan fingerprint density at radius 3 is 3.26 bits per heavy atom. The van der Waals surface area contributed by atoms with E-state index in [1.165, 1.54) is 0 Å². The summed E-state index contributed by atoms with van der Waals surface area (Å²) in [6.45, 7) is 3.61. The first-order chi connectivity index (χ1) is 9.26. The molecule has 1 aliphatic rings. The van der Waals surface area contributed by atoms with E-state index in [2.05, 4.69) is 11.1 Å². The molecule has 0 aromatic carbocycles. The van der Waals surface area contributed by atoms with E-state index in [1.54, 1.807) is 18.3 Å². The third-order valence-electron chi connectivity index (χ3n) is 3.25. The van der Waals surface area contributed by atoms with Gasteiger partial charge in [-0.05, 0) is 31.9 Å². The highest BCUT2D eigenvalue weighted by Gasteiger charge is 2.28. The largest absolute Gasteiger partial charge is 0.466 e. The molecule has 1 aromatic rings.